The minimum atomic E-state index is -3.86. The van der Waals surface area contributed by atoms with E-state index >= 15 is 0 Å². The van der Waals surface area contributed by atoms with Crippen LogP contribution in [0.15, 0.2) is 9.72 Å². The highest BCUT2D eigenvalue weighted by molar-refractivity contribution is 7.91. The number of piperidine rings is 1. The Kier molecular flexibility index (Phi) is 6.97. The van der Waals surface area contributed by atoms with Crippen LogP contribution < -0.4 is 5.32 Å². The molecule has 0 aromatic carbocycles. The van der Waals surface area contributed by atoms with Crippen molar-refractivity contribution in [2.24, 2.45) is 0 Å². The predicted molar refractivity (Wildman–Crippen MR) is 97.1 cm³/mol. The number of carbonyl (C=O) groups is 2. The highest BCUT2D eigenvalue weighted by atomic mass is 35.5. The normalized spacial score (nSPS) is 22.0. The van der Waals surface area contributed by atoms with Crippen LogP contribution in [0.4, 0.5) is 0 Å². The molecule has 2 fully saturated rings. The molecule has 12 heteroatoms. The van der Waals surface area contributed by atoms with Crippen LogP contribution in [0.3, 0.4) is 0 Å². The zero-order valence-corrected chi connectivity index (χ0v) is 16.7. The van der Waals surface area contributed by atoms with E-state index in [1.54, 1.807) is 4.90 Å². The summed E-state index contributed by atoms with van der Waals surface area (Å²) in [4.78, 5) is 29.4. The summed E-state index contributed by atoms with van der Waals surface area (Å²) < 4.78 is 31.8. The smallest absolute Gasteiger partial charge is 0.358 e. The third kappa shape index (κ3) is 4.01. The molecule has 1 N–H and O–H groups in total. The Bertz CT molecular complexity index is 769. The van der Waals surface area contributed by atoms with Gasteiger partial charge in [-0.25, -0.2) is 18.2 Å². The number of aromatic nitrogens is 1. The van der Waals surface area contributed by atoms with Gasteiger partial charge in [-0.2, -0.15) is 4.31 Å². The van der Waals surface area contributed by atoms with Crippen molar-refractivity contribution >= 4 is 45.6 Å². The zero-order valence-electron chi connectivity index (χ0n) is 14.2. The molecule has 0 aliphatic carbocycles. The standard InChI is InChI=1S/C14H20N4O5S2.ClH/c1-23-13(20)12-14(24-9-16-12)25(21,22)17-5-2-3-10(8-17)18-6-4-15-7-11(18)19;/h9-10,15H,2-8H2,1H3;1H. The molecule has 1 atom stereocenters. The largest absolute Gasteiger partial charge is 0.464 e. The Morgan fingerprint density at radius 2 is 2.19 bits per heavy atom. The number of halogens is 1. The van der Waals surface area contributed by atoms with Gasteiger partial charge in [-0.3, -0.25) is 4.79 Å². The summed E-state index contributed by atoms with van der Waals surface area (Å²) in [6.07, 6.45) is 1.43. The van der Waals surface area contributed by atoms with Crippen LogP contribution in [0.5, 0.6) is 0 Å². The molecule has 1 amide bonds. The lowest BCUT2D eigenvalue weighted by atomic mass is 10.1. The molecule has 146 valence electrons. The fourth-order valence-electron chi connectivity index (χ4n) is 3.17. The van der Waals surface area contributed by atoms with Crippen LogP contribution in [0, 0.1) is 0 Å². The second-order valence-corrected chi connectivity index (χ2v) is 8.89. The first kappa shape index (κ1) is 21.0. The van der Waals surface area contributed by atoms with Crippen molar-refractivity contribution < 1.29 is 22.7 Å². The van der Waals surface area contributed by atoms with E-state index in [1.807, 2.05) is 0 Å². The molecule has 1 aromatic heterocycles. The molecular formula is C14H21ClN4O5S2. The molecular weight excluding hydrogens is 404 g/mol. The number of rotatable bonds is 4. The lowest BCUT2D eigenvalue weighted by Gasteiger charge is -2.40. The Hall–Kier alpha value is -1.27. The molecule has 9 nitrogen and oxygen atoms in total. The van der Waals surface area contributed by atoms with Crippen molar-refractivity contribution in [2.75, 3.05) is 39.8 Å². The average Bonchev–Trinajstić information content (AvgIpc) is 3.12. The first-order valence-corrected chi connectivity index (χ1v) is 10.3. The number of hydrogen-bond acceptors (Lipinski definition) is 8. The van der Waals surface area contributed by atoms with E-state index in [4.69, 9.17) is 0 Å². The van der Waals surface area contributed by atoms with E-state index in [-0.39, 0.29) is 47.3 Å². The highest BCUT2D eigenvalue weighted by Gasteiger charge is 2.38. The van der Waals surface area contributed by atoms with Crippen molar-refractivity contribution in [1.29, 1.82) is 0 Å². The zero-order chi connectivity index (χ0) is 18.0. The van der Waals surface area contributed by atoms with Gasteiger partial charge < -0.3 is 15.0 Å². The van der Waals surface area contributed by atoms with Gasteiger partial charge in [0.1, 0.15) is 0 Å². The first-order valence-electron chi connectivity index (χ1n) is 7.97. The summed E-state index contributed by atoms with van der Waals surface area (Å²) in [6, 6.07) is -0.146. The van der Waals surface area contributed by atoms with E-state index in [9.17, 15) is 18.0 Å². The van der Waals surface area contributed by atoms with Gasteiger partial charge in [0.25, 0.3) is 10.0 Å². The molecule has 3 heterocycles. The maximum Gasteiger partial charge on any atom is 0.358 e. The van der Waals surface area contributed by atoms with E-state index in [1.165, 1.54) is 16.9 Å². The topological polar surface area (TPSA) is 109 Å². The number of esters is 1. The third-order valence-corrected chi connectivity index (χ3v) is 7.63. The van der Waals surface area contributed by atoms with E-state index < -0.39 is 16.0 Å². The number of sulfonamides is 1. The van der Waals surface area contributed by atoms with E-state index in [2.05, 4.69) is 15.0 Å². The number of thiazole rings is 1. The summed E-state index contributed by atoms with van der Waals surface area (Å²) in [5.74, 6) is -0.783. The minimum Gasteiger partial charge on any atom is -0.464 e. The second-order valence-electron chi connectivity index (χ2n) is 5.90. The van der Waals surface area contributed by atoms with Crippen molar-refractivity contribution in [3.05, 3.63) is 11.2 Å². The number of carbonyl (C=O) groups excluding carboxylic acids is 2. The summed E-state index contributed by atoms with van der Waals surface area (Å²) >= 11 is 0.899. The summed E-state index contributed by atoms with van der Waals surface area (Å²) in [5, 5.41) is 3.01. The lowest BCUT2D eigenvalue weighted by Crippen LogP contribution is -2.57. The lowest BCUT2D eigenvalue weighted by molar-refractivity contribution is -0.135. The van der Waals surface area contributed by atoms with Gasteiger partial charge in [-0.15, -0.1) is 23.7 Å². The minimum absolute atomic E-state index is 0. The average molecular weight is 425 g/mol. The number of nitrogens with one attached hydrogen (secondary N) is 1. The SMILES string of the molecule is COC(=O)c1ncsc1S(=O)(=O)N1CCCC(N2CCNCC2=O)C1.Cl. The Morgan fingerprint density at radius 1 is 1.42 bits per heavy atom. The molecule has 26 heavy (non-hydrogen) atoms. The Balaban J connectivity index is 0.00000243. The molecule has 1 unspecified atom stereocenters. The summed E-state index contributed by atoms with van der Waals surface area (Å²) in [5.41, 5.74) is 1.13. The van der Waals surface area contributed by atoms with Crippen LogP contribution in [0.2, 0.25) is 0 Å². The fraction of sp³-hybridized carbons (Fsp3) is 0.643. The molecule has 2 aliphatic heterocycles. The van der Waals surface area contributed by atoms with Crippen molar-refractivity contribution in [2.45, 2.75) is 23.1 Å². The van der Waals surface area contributed by atoms with Crippen molar-refractivity contribution in [3.8, 4) is 0 Å². The van der Waals surface area contributed by atoms with Crippen LogP contribution in [0.25, 0.3) is 0 Å². The Labute approximate surface area is 162 Å². The molecule has 0 saturated carbocycles. The van der Waals surface area contributed by atoms with E-state index in [0.717, 1.165) is 17.8 Å². The highest BCUT2D eigenvalue weighted by Crippen LogP contribution is 2.28. The van der Waals surface area contributed by atoms with Crippen molar-refractivity contribution in [1.82, 2.24) is 19.5 Å². The molecule has 1 aromatic rings. The number of amides is 1. The van der Waals surface area contributed by atoms with Crippen LogP contribution in [-0.4, -0.2) is 80.4 Å². The monoisotopic (exact) mass is 424 g/mol. The number of ether oxygens (including phenoxy) is 1. The maximum atomic E-state index is 13.0. The van der Waals surface area contributed by atoms with Gasteiger partial charge in [-0.1, -0.05) is 0 Å². The molecule has 0 radical (unpaired) electrons. The summed E-state index contributed by atoms with van der Waals surface area (Å²) in [7, 11) is -2.67. The van der Waals surface area contributed by atoms with Crippen LogP contribution in [0.1, 0.15) is 23.3 Å². The molecule has 3 rings (SSSR count). The fourth-order valence-corrected chi connectivity index (χ4v) is 5.96. The van der Waals surface area contributed by atoms with Gasteiger partial charge in [0, 0.05) is 32.2 Å². The van der Waals surface area contributed by atoms with Gasteiger partial charge in [0.2, 0.25) is 5.91 Å². The van der Waals surface area contributed by atoms with Crippen LogP contribution in [-0.2, 0) is 19.6 Å². The first-order chi connectivity index (χ1) is 11.9. The Morgan fingerprint density at radius 3 is 2.88 bits per heavy atom. The number of methoxy groups -OCH3 is 1. The maximum absolute atomic E-state index is 13.0. The van der Waals surface area contributed by atoms with E-state index in [0.29, 0.717) is 26.1 Å². The molecule has 2 saturated heterocycles. The number of hydrogen-bond donors (Lipinski definition) is 1. The molecule has 2 aliphatic rings. The molecule has 0 spiro atoms. The third-order valence-electron chi connectivity index (χ3n) is 4.41. The summed E-state index contributed by atoms with van der Waals surface area (Å²) in [6.45, 7) is 2.15. The number of piperazine rings is 1. The van der Waals surface area contributed by atoms with Gasteiger partial charge >= 0.3 is 5.97 Å². The van der Waals surface area contributed by atoms with Gasteiger partial charge in [-0.05, 0) is 12.8 Å². The van der Waals surface area contributed by atoms with Crippen molar-refractivity contribution in [3.63, 3.8) is 0 Å². The quantitative estimate of drug-likeness (QED) is 0.674. The van der Waals surface area contributed by atoms with Gasteiger partial charge in [0.15, 0.2) is 9.90 Å². The second kappa shape index (κ2) is 8.61. The van der Waals surface area contributed by atoms with Crippen LogP contribution >= 0.6 is 23.7 Å². The van der Waals surface area contributed by atoms with Gasteiger partial charge in [0.05, 0.1) is 19.2 Å². The predicted octanol–water partition coefficient (Wildman–Crippen LogP) is -0.0636. The molecule has 0 bridgehead atoms. The number of nitrogens with zero attached hydrogens (tertiary/aromatic N) is 3.